The zero-order chi connectivity index (χ0) is 14.4. The zero-order valence-corrected chi connectivity index (χ0v) is 10.7. The summed E-state index contributed by atoms with van der Waals surface area (Å²) in [5.74, 6) is 0.371. The van der Waals surface area contributed by atoms with Crippen LogP contribution < -0.4 is 10.1 Å². The maximum atomic E-state index is 9.68. The number of anilines is 1. The summed E-state index contributed by atoms with van der Waals surface area (Å²) in [4.78, 5) is 0. The largest absolute Gasteiger partial charge is 0.504 e. The van der Waals surface area contributed by atoms with Crippen molar-refractivity contribution in [3.05, 3.63) is 48.0 Å². The van der Waals surface area contributed by atoms with Crippen LogP contribution in [0.25, 0.3) is 0 Å². The number of aromatic hydroxyl groups is 2. The van der Waals surface area contributed by atoms with Gasteiger partial charge in [-0.2, -0.15) is 5.26 Å². The fourth-order valence-electron chi connectivity index (χ4n) is 1.70. The smallest absolute Gasteiger partial charge is 0.174 e. The molecule has 102 valence electrons. The Morgan fingerprint density at radius 3 is 2.55 bits per heavy atom. The molecule has 2 aromatic carbocycles. The fourth-order valence-corrected chi connectivity index (χ4v) is 1.70. The SMILES string of the molecule is N#CCOc1ccc(NCc2cccc(O)c2O)cc1. The number of phenols is 2. The Kier molecular flexibility index (Phi) is 4.30. The lowest BCUT2D eigenvalue weighted by atomic mass is 10.2. The van der Waals surface area contributed by atoms with Gasteiger partial charge in [-0.25, -0.2) is 0 Å². The summed E-state index contributed by atoms with van der Waals surface area (Å²) in [6.07, 6.45) is 0. The van der Waals surface area contributed by atoms with Crippen LogP contribution in [-0.2, 0) is 6.54 Å². The van der Waals surface area contributed by atoms with Crippen molar-refractivity contribution in [1.82, 2.24) is 0 Å². The maximum absolute atomic E-state index is 9.68. The van der Waals surface area contributed by atoms with Crippen LogP contribution in [0.5, 0.6) is 17.2 Å². The number of para-hydroxylation sites is 1. The van der Waals surface area contributed by atoms with Crippen LogP contribution in [0.3, 0.4) is 0 Å². The molecule has 5 nitrogen and oxygen atoms in total. The summed E-state index contributed by atoms with van der Waals surface area (Å²) >= 11 is 0. The molecule has 0 aliphatic heterocycles. The Morgan fingerprint density at radius 1 is 1.10 bits per heavy atom. The first-order valence-electron chi connectivity index (χ1n) is 6.04. The first-order chi connectivity index (χ1) is 9.70. The highest BCUT2D eigenvalue weighted by Crippen LogP contribution is 2.28. The minimum atomic E-state index is -0.135. The van der Waals surface area contributed by atoms with Crippen LogP contribution >= 0.6 is 0 Å². The molecule has 0 spiro atoms. The van der Waals surface area contributed by atoms with E-state index in [9.17, 15) is 10.2 Å². The topological polar surface area (TPSA) is 85.5 Å². The summed E-state index contributed by atoms with van der Waals surface area (Å²) < 4.78 is 5.15. The van der Waals surface area contributed by atoms with Crippen molar-refractivity contribution in [1.29, 1.82) is 5.26 Å². The van der Waals surface area contributed by atoms with Gasteiger partial charge in [-0.05, 0) is 30.3 Å². The molecule has 0 aromatic heterocycles. The Bertz CT molecular complexity index is 618. The van der Waals surface area contributed by atoms with Crippen molar-refractivity contribution in [3.8, 4) is 23.3 Å². The number of nitrogens with one attached hydrogen (secondary N) is 1. The number of nitriles is 1. The number of hydrogen-bond acceptors (Lipinski definition) is 5. The van der Waals surface area contributed by atoms with Gasteiger partial charge in [0.15, 0.2) is 18.1 Å². The fraction of sp³-hybridized carbons (Fsp3) is 0.133. The molecule has 0 saturated heterocycles. The zero-order valence-electron chi connectivity index (χ0n) is 10.7. The molecule has 0 saturated carbocycles. The van der Waals surface area contributed by atoms with Crippen LogP contribution in [0.4, 0.5) is 5.69 Å². The summed E-state index contributed by atoms with van der Waals surface area (Å²) in [6.45, 7) is 0.405. The molecule has 3 N–H and O–H groups in total. The van der Waals surface area contributed by atoms with E-state index in [1.54, 1.807) is 24.3 Å². The maximum Gasteiger partial charge on any atom is 0.174 e. The summed E-state index contributed by atoms with van der Waals surface area (Å²) in [5.41, 5.74) is 1.45. The summed E-state index contributed by atoms with van der Waals surface area (Å²) in [7, 11) is 0. The van der Waals surface area contributed by atoms with E-state index in [2.05, 4.69) is 5.32 Å². The molecule has 0 bridgehead atoms. The van der Waals surface area contributed by atoms with E-state index in [0.717, 1.165) is 5.69 Å². The molecule has 0 aliphatic rings. The van der Waals surface area contributed by atoms with Crippen molar-refractivity contribution in [2.75, 3.05) is 11.9 Å². The monoisotopic (exact) mass is 270 g/mol. The number of hydrogen-bond donors (Lipinski definition) is 3. The van der Waals surface area contributed by atoms with Crippen molar-refractivity contribution >= 4 is 5.69 Å². The molecule has 0 heterocycles. The summed E-state index contributed by atoms with van der Waals surface area (Å²) in [6, 6.07) is 13.9. The standard InChI is InChI=1S/C15H14N2O3/c16-8-9-20-13-6-4-12(5-7-13)17-10-11-2-1-3-14(18)15(11)19/h1-7,17-19H,9-10H2. The molecule has 5 heteroatoms. The Morgan fingerprint density at radius 2 is 1.85 bits per heavy atom. The third kappa shape index (κ3) is 3.33. The van der Waals surface area contributed by atoms with Gasteiger partial charge in [0, 0.05) is 17.8 Å². The highest BCUT2D eigenvalue weighted by atomic mass is 16.5. The Labute approximate surface area is 116 Å². The van der Waals surface area contributed by atoms with Gasteiger partial charge in [-0.3, -0.25) is 0 Å². The Hall–Kier alpha value is -2.87. The number of phenolic OH excluding ortho intramolecular Hbond substituents is 2. The molecule has 0 atom stereocenters. The molecule has 0 radical (unpaired) electrons. The molecule has 0 aliphatic carbocycles. The van der Waals surface area contributed by atoms with Crippen molar-refractivity contribution in [3.63, 3.8) is 0 Å². The van der Waals surface area contributed by atoms with E-state index >= 15 is 0 Å². The lowest BCUT2D eigenvalue weighted by molar-refractivity contribution is 0.368. The van der Waals surface area contributed by atoms with Crippen LogP contribution in [0.2, 0.25) is 0 Å². The van der Waals surface area contributed by atoms with Crippen LogP contribution in [0.15, 0.2) is 42.5 Å². The van der Waals surface area contributed by atoms with Crippen molar-refractivity contribution < 1.29 is 14.9 Å². The average molecular weight is 270 g/mol. The minimum Gasteiger partial charge on any atom is -0.504 e. The van der Waals surface area contributed by atoms with Gasteiger partial charge in [0.25, 0.3) is 0 Å². The van der Waals surface area contributed by atoms with Gasteiger partial charge < -0.3 is 20.3 Å². The first-order valence-corrected chi connectivity index (χ1v) is 6.04. The molecule has 0 amide bonds. The molecule has 2 aromatic rings. The normalized spacial score (nSPS) is 9.75. The van der Waals surface area contributed by atoms with Gasteiger partial charge in [0.2, 0.25) is 0 Å². The molecule has 0 unspecified atom stereocenters. The molecule has 2 rings (SSSR count). The lowest BCUT2D eigenvalue weighted by Crippen LogP contribution is -2.00. The van der Waals surface area contributed by atoms with Gasteiger partial charge in [-0.1, -0.05) is 12.1 Å². The van der Waals surface area contributed by atoms with Gasteiger partial charge in [0.1, 0.15) is 11.8 Å². The first kappa shape index (κ1) is 13.6. The highest BCUT2D eigenvalue weighted by molar-refractivity contribution is 5.50. The number of nitrogens with zero attached hydrogens (tertiary/aromatic N) is 1. The van der Waals surface area contributed by atoms with Crippen LogP contribution in [-0.4, -0.2) is 16.8 Å². The van der Waals surface area contributed by atoms with E-state index in [1.807, 2.05) is 18.2 Å². The van der Waals surface area contributed by atoms with Gasteiger partial charge in [-0.15, -0.1) is 0 Å². The number of ether oxygens (including phenoxy) is 1. The lowest BCUT2D eigenvalue weighted by Gasteiger charge is -2.09. The minimum absolute atomic E-state index is 0.0178. The third-order valence-electron chi connectivity index (χ3n) is 2.74. The van der Waals surface area contributed by atoms with E-state index in [4.69, 9.17) is 10.00 Å². The van der Waals surface area contributed by atoms with Crippen LogP contribution in [0.1, 0.15) is 5.56 Å². The second-order valence-electron chi connectivity index (χ2n) is 4.11. The molecular formula is C15H14N2O3. The van der Waals surface area contributed by atoms with Gasteiger partial charge >= 0.3 is 0 Å². The van der Waals surface area contributed by atoms with Gasteiger partial charge in [0.05, 0.1) is 0 Å². The molecule has 0 fully saturated rings. The third-order valence-corrected chi connectivity index (χ3v) is 2.74. The number of benzene rings is 2. The average Bonchev–Trinajstić information content (AvgIpc) is 2.48. The van der Waals surface area contributed by atoms with E-state index in [0.29, 0.717) is 17.9 Å². The molecule has 20 heavy (non-hydrogen) atoms. The predicted octanol–water partition coefficient (Wildman–Crippen LogP) is 2.61. The van der Waals surface area contributed by atoms with E-state index in [1.165, 1.54) is 6.07 Å². The van der Waals surface area contributed by atoms with Crippen molar-refractivity contribution in [2.45, 2.75) is 6.54 Å². The number of rotatable bonds is 5. The van der Waals surface area contributed by atoms with Crippen molar-refractivity contribution in [2.24, 2.45) is 0 Å². The quantitative estimate of drug-likeness (QED) is 0.727. The highest BCUT2D eigenvalue weighted by Gasteiger charge is 2.05. The second-order valence-corrected chi connectivity index (χ2v) is 4.11. The van der Waals surface area contributed by atoms with Crippen LogP contribution in [0, 0.1) is 11.3 Å². The second kappa shape index (κ2) is 6.34. The van der Waals surface area contributed by atoms with E-state index < -0.39 is 0 Å². The Balaban J connectivity index is 1.97. The summed E-state index contributed by atoms with van der Waals surface area (Å²) in [5, 5.41) is 30.6. The van der Waals surface area contributed by atoms with E-state index in [-0.39, 0.29) is 18.1 Å². The predicted molar refractivity (Wildman–Crippen MR) is 74.6 cm³/mol. The molecular weight excluding hydrogens is 256 g/mol.